The van der Waals surface area contributed by atoms with Crippen molar-refractivity contribution in [3.8, 4) is 5.75 Å². The van der Waals surface area contributed by atoms with Crippen LogP contribution in [0.25, 0.3) is 5.70 Å². The summed E-state index contributed by atoms with van der Waals surface area (Å²) in [4.78, 5) is 14.7. The molecule has 5 rings (SSSR count). The Kier molecular flexibility index (Phi) is 6.58. The van der Waals surface area contributed by atoms with Crippen molar-refractivity contribution in [3.05, 3.63) is 47.1 Å². The Morgan fingerprint density at radius 1 is 1.09 bits per heavy atom. The van der Waals surface area contributed by atoms with Crippen LogP contribution in [0.3, 0.4) is 0 Å². The molecule has 0 aliphatic carbocycles. The van der Waals surface area contributed by atoms with Crippen LogP contribution in [0.5, 0.6) is 5.75 Å². The number of nitrogens with zero attached hydrogens (tertiary/aromatic N) is 4. The maximum absolute atomic E-state index is 9.77. The largest absolute Gasteiger partial charge is 0.496 e. The smallest absolute Gasteiger partial charge is 0.225 e. The highest BCUT2D eigenvalue weighted by molar-refractivity contribution is 6.09. The molecule has 9 heteroatoms. The second-order valence-corrected chi connectivity index (χ2v) is 9.03. The number of guanidine groups is 1. The summed E-state index contributed by atoms with van der Waals surface area (Å²) in [5, 5.41) is 13.4. The lowest BCUT2D eigenvalue weighted by Gasteiger charge is -2.42. The molecule has 3 atom stereocenters. The van der Waals surface area contributed by atoms with Crippen molar-refractivity contribution in [1.29, 1.82) is 0 Å². The highest BCUT2D eigenvalue weighted by Gasteiger charge is 2.35. The van der Waals surface area contributed by atoms with Crippen molar-refractivity contribution in [2.75, 3.05) is 46.6 Å². The van der Waals surface area contributed by atoms with E-state index in [-0.39, 0.29) is 24.9 Å². The summed E-state index contributed by atoms with van der Waals surface area (Å²) in [6, 6.07) is 6.27. The zero-order valence-electron chi connectivity index (χ0n) is 20.0. The lowest BCUT2D eigenvalue weighted by atomic mass is 10.00. The summed E-state index contributed by atoms with van der Waals surface area (Å²) >= 11 is 0. The molecule has 2 saturated heterocycles. The van der Waals surface area contributed by atoms with E-state index in [1.807, 2.05) is 18.2 Å². The Bertz CT molecular complexity index is 1050. The number of ether oxygens (including phenoxy) is 3. The number of methoxy groups -OCH3 is 1. The molecule has 0 spiro atoms. The molecule has 0 bridgehead atoms. The van der Waals surface area contributed by atoms with Crippen molar-refractivity contribution in [1.82, 2.24) is 15.1 Å². The van der Waals surface area contributed by atoms with Crippen LogP contribution in [0.15, 0.2) is 45.9 Å². The summed E-state index contributed by atoms with van der Waals surface area (Å²) in [6.45, 7) is 8.50. The number of nitrogens with one attached hydrogen (secondary N) is 1. The third-order valence-corrected chi connectivity index (χ3v) is 6.75. The zero-order valence-corrected chi connectivity index (χ0v) is 20.0. The van der Waals surface area contributed by atoms with E-state index in [4.69, 9.17) is 24.2 Å². The summed E-state index contributed by atoms with van der Waals surface area (Å²) in [5.74, 6) is 2.37. The molecule has 1 aromatic rings. The maximum Gasteiger partial charge on any atom is 0.225 e. The summed E-state index contributed by atoms with van der Waals surface area (Å²) in [6.07, 6.45) is 3.92. The van der Waals surface area contributed by atoms with Crippen LogP contribution in [0, 0.1) is 0 Å². The van der Waals surface area contributed by atoms with Crippen molar-refractivity contribution in [3.63, 3.8) is 0 Å². The first-order valence-electron chi connectivity index (χ1n) is 11.9. The number of hydrogen-bond acceptors (Lipinski definition) is 9. The van der Waals surface area contributed by atoms with Gasteiger partial charge in [0.25, 0.3) is 0 Å². The van der Waals surface area contributed by atoms with Crippen molar-refractivity contribution in [2.24, 2.45) is 9.98 Å². The molecule has 2 N–H and O–H groups in total. The van der Waals surface area contributed by atoms with E-state index < -0.39 is 0 Å². The normalized spacial score (nSPS) is 27.1. The molecule has 34 heavy (non-hydrogen) atoms. The number of morpholine rings is 2. The predicted molar refractivity (Wildman–Crippen MR) is 131 cm³/mol. The predicted octanol–water partition coefficient (Wildman–Crippen LogP) is 1.59. The van der Waals surface area contributed by atoms with Crippen LogP contribution in [-0.4, -0.2) is 91.6 Å². The standard InChI is InChI=1S/C25H33N5O4/c1-16-14-33-10-8-29(16)24-20-5-6-21(18-4-7-22(32-3)19(12-18)13-31)26-23(20)27-25(28-24)30-9-11-34-15-17(30)2/h4-7,12,16-17,23,26,31H,8-11,13-15H2,1-3H3/t16-,17-,23?/m0/s1. The van der Waals surface area contributed by atoms with Gasteiger partial charge in [-0.05, 0) is 49.8 Å². The fourth-order valence-electron chi connectivity index (χ4n) is 4.82. The number of aliphatic hydroxyl groups excluding tert-OH is 1. The lowest BCUT2D eigenvalue weighted by molar-refractivity contribution is 0.0303. The van der Waals surface area contributed by atoms with Gasteiger partial charge in [-0.3, -0.25) is 0 Å². The Morgan fingerprint density at radius 3 is 2.50 bits per heavy atom. The molecule has 0 amide bonds. The minimum absolute atomic E-state index is 0.0856. The van der Waals surface area contributed by atoms with Gasteiger partial charge in [0.05, 0.1) is 52.2 Å². The van der Waals surface area contributed by atoms with Crippen LogP contribution in [0.4, 0.5) is 0 Å². The average molecular weight is 468 g/mol. The number of hydrogen-bond donors (Lipinski definition) is 2. The summed E-state index contributed by atoms with van der Waals surface area (Å²) in [7, 11) is 1.61. The van der Waals surface area contributed by atoms with E-state index in [2.05, 4.69) is 41.1 Å². The number of aliphatic imine (C=N–C) groups is 2. The fourth-order valence-corrected chi connectivity index (χ4v) is 4.82. The Balaban J connectivity index is 1.52. The third kappa shape index (κ3) is 4.31. The third-order valence-electron chi connectivity index (χ3n) is 6.75. The minimum Gasteiger partial charge on any atom is -0.496 e. The van der Waals surface area contributed by atoms with Gasteiger partial charge in [-0.2, -0.15) is 4.99 Å². The minimum atomic E-state index is -0.257. The zero-order chi connectivity index (χ0) is 23.7. The average Bonchev–Trinajstić information content (AvgIpc) is 2.88. The van der Waals surface area contributed by atoms with Crippen molar-refractivity contribution in [2.45, 2.75) is 38.7 Å². The summed E-state index contributed by atoms with van der Waals surface area (Å²) in [5.41, 5.74) is 3.72. The van der Waals surface area contributed by atoms with E-state index in [0.717, 1.165) is 47.3 Å². The first-order chi connectivity index (χ1) is 16.6. The van der Waals surface area contributed by atoms with Crippen LogP contribution in [0.1, 0.15) is 25.0 Å². The highest BCUT2D eigenvalue weighted by atomic mass is 16.5. The first kappa shape index (κ1) is 22.9. The number of fused-ring (bicyclic) bond motifs is 1. The van der Waals surface area contributed by atoms with Gasteiger partial charge in [0.1, 0.15) is 11.6 Å². The number of amidine groups is 1. The lowest BCUT2D eigenvalue weighted by Crippen LogP contribution is -2.54. The quantitative estimate of drug-likeness (QED) is 0.698. The van der Waals surface area contributed by atoms with E-state index in [1.54, 1.807) is 7.11 Å². The SMILES string of the molecule is COc1ccc(C2=CC=C3C(N4CCOC[C@@H]4C)=NC(N4CCOC[C@@H]4C)=NC3N2)cc1CO. The first-order valence-corrected chi connectivity index (χ1v) is 11.9. The molecule has 4 heterocycles. The van der Waals surface area contributed by atoms with Gasteiger partial charge in [0, 0.05) is 29.9 Å². The number of aliphatic hydroxyl groups is 1. The molecular weight excluding hydrogens is 434 g/mol. The van der Waals surface area contributed by atoms with Gasteiger partial charge < -0.3 is 34.4 Å². The van der Waals surface area contributed by atoms with Gasteiger partial charge >= 0.3 is 0 Å². The molecule has 4 aliphatic heterocycles. The molecular formula is C25H33N5O4. The van der Waals surface area contributed by atoms with Crippen LogP contribution in [-0.2, 0) is 16.1 Å². The number of dihydropyridines is 1. The van der Waals surface area contributed by atoms with Gasteiger partial charge in [-0.25, -0.2) is 4.99 Å². The van der Waals surface area contributed by atoms with Gasteiger partial charge in [0.15, 0.2) is 6.17 Å². The van der Waals surface area contributed by atoms with Gasteiger partial charge in [0.2, 0.25) is 5.96 Å². The topological polar surface area (TPSA) is 91.2 Å². The molecule has 9 nitrogen and oxygen atoms in total. The van der Waals surface area contributed by atoms with Crippen LogP contribution >= 0.6 is 0 Å². The molecule has 0 radical (unpaired) electrons. The molecule has 0 aromatic heterocycles. The Hall–Kier alpha value is -2.88. The number of allylic oxidation sites excluding steroid dienone is 2. The monoisotopic (exact) mass is 467 g/mol. The molecule has 0 saturated carbocycles. The van der Waals surface area contributed by atoms with E-state index in [9.17, 15) is 5.11 Å². The maximum atomic E-state index is 9.77. The van der Waals surface area contributed by atoms with Gasteiger partial charge in [-0.15, -0.1) is 0 Å². The second kappa shape index (κ2) is 9.77. The second-order valence-electron chi connectivity index (χ2n) is 9.03. The van der Waals surface area contributed by atoms with E-state index in [1.165, 1.54) is 0 Å². The van der Waals surface area contributed by atoms with Crippen LogP contribution < -0.4 is 10.1 Å². The molecule has 2 fully saturated rings. The molecule has 182 valence electrons. The van der Waals surface area contributed by atoms with E-state index in [0.29, 0.717) is 32.2 Å². The van der Waals surface area contributed by atoms with Crippen molar-refractivity contribution < 1.29 is 19.3 Å². The van der Waals surface area contributed by atoms with E-state index >= 15 is 0 Å². The number of rotatable bonds is 3. The molecule has 1 unspecified atom stereocenters. The Labute approximate surface area is 200 Å². The van der Waals surface area contributed by atoms with Crippen molar-refractivity contribution >= 4 is 17.5 Å². The molecule has 1 aromatic carbocycles. The molecule has 4 aliphatic rings. The highest BCUT2D eigenvalue weighted by Crippen LogP contribution is 2.29. The van der Waals surface area contributed by atoms with Gasteiger partial charge in [-0.1, -0.05) is 0 Å². The summed E-state index contributed by atoms with van der Waals surface area (Å²) < 4.78 is 16.7. The van der Waals surface area contributed by atoms with Crippen LogP contribution in [0.2, 0.25) is 0 Å². The Morgan fingerprint density at radius 2 is 1.82 bits per heavy atom. The fraction of sp³-hybridized carbons (Fsp3) is 0.520. The number of benzene rings is 1.